The average molecular weight is 347 g/mol. The van der Waals surface area contributed by atoms with Crippen molar-refractivity contribution in [3.05, 3.63) is 53.9 Å². The van der Waals surface area contributed by atoms with E-state index in [4.69, 9.17) is 4.74 Å². The van der Waals surface area contributed by atoms with Crippen molar-refractivity contribution < 1.29 is 13.2 Å². The Morgan fingerprint density at radius 2 is 1.88 bits per heavy atom. The second kappa shape index (κ2) is 7.29. The molecule has 1 aromatic heterocycles. The summed E-state index contributed by atoms with van der Waals surface area (Å²) in [6.45, 7) is 4.12. The molecule has 24 heavy (non-hydrogen) atoms. The molecule has 0 spiro atoms. The van der Waals surface area contributed by atoms with E-state index in [-0.39, 0.29) is 0 Å². The summed E-state index contributed by atoms with van der Waals surface area (Å²) in [6.07, 6.45) is 3.47. The molecule has 1 aliphatic heterocycles. The van der Waals surface area contributed by atoms with Crippen LogP contribution >= 0.6 is 0 Å². The number of sulfonamides is 1. The lowest BCUT2D eigenvalue weighted by Crippen LogP contribution is -2.40. The fourth-order valence-corrected chi connectivity index (χ4v) is 4.28. The lowest BCUT2D eigenvalue weighted by atomic mass is 10.2. The van der Waals surface area contributed by atoms with Gasteiger partial charge in [0.05, 0.1) is 18.1 Å². The Morgan fingerprint density at radius 3 is 2.58 bits per heavy atom. The molecule has 0 aliphatic carbocycles. The highest BCUT2D eigenvalue weighted by atomic mass is 32.2. The first-order chi connectivity index (χ1) is 11.6. The molecule has 0 unspecified atom stereocenters. The number of nitrogens with one attached hydrogen (secondary N) is 1. The molecule has 3 rings (SSSR count). The molecule has 0 saturated carbocycles. The predicted molar refractivity (Wildman–Crippen MR) is 92.3 cm³/mol. The molecule has 6 nitrogen and oxygen atoms in total. The maximum atomic E-state index is 12.9. The van der Waals surface area contributed by atoms with Crippen LogP contribution in [0, 0.1) is 6.92 Å². The van der Waals surface area contributed by atoms with E-state index in [2.05, 4.69) is 10.3 Å². The number of nitrogens with zero attached hydrogens (tertiary/aromatic N) is 2. The number of aromatic nitrogens is 1. The van der Waals surface area contributed by atoms with Crippen LogP contribution in [0.2, 0.25) is 0 Å². The number of hydrogen-bond donors (Lipinski definition) is 1. The summed E-state index contributed by atoms with van der Waals surface area (Å²) in [5.74, 6) is 0. The van der Waals surface area contributed by atoms with E-state index in [0.29, 0.717) is 37.7 Å². The van der Waals surface area contributed by atoms with Crippen molar-refractivity contribution in [3.8, 4) is 0 Å². The molecule has 1 fully saturated rings. The molecule has 1 aromatic carbocycles. The highest BCUT2D eigenvalue weighted by Crippen LogP contribution is 2.24. The largest absolute Gasteiger partial charge is 0.381 e. The second-order valence-electron chi connectivity index (χ2n) is 5.71. The van der Waals surface area contributed by atoms with Crippen LogP contribution in [0.15, 0.2) is 47.6 Å². The Morgan fingerprint density at radius 1 is 1.17 bits per heavy atom. The zero-order valence-corrected chi connectivity index (χ0v) is 14.4. The normalized spacial score (nSPS) is 16.0. The van der Waals surface area contributed by atoms with Gasteiger partial charge in [-0.2, -0.15) is 4.31 Å². The number of aryl methyl sites for hydroxylation is 1. The minimum Gasteiger partial charge on any atom is -0.381 e. The van der Waals surface area contributed by atoms with E-state index in [0.717, 1.165) is 16.8 Å². The Hall–Kier alpha value is -1.96. The standard InChI is InChI=1S/C17H21N3O3S/c1-14-2-3-16(19-13-15-4-6-18-7-5-15)12-17(14)24(21,22)20-8-10-23-11-9-20/h2-7,12,19H,8-11,13H2,1H3. The Kier molecular flexibility index (Phi) is 5.13. The summed E-state index contributed by atoms with van der Waals surface area (Å²) in [5.41, 5.74) is 2.61. The summed E-state index contributed by atoms with van der Waals surface area (Å²) in [6, 6.07) is 9.29. The fourth-order valence-electron chi connectivity index (χ4n) is 2.62. The Balaban J connectivity index is 1.80. The molecule has 1 N–H and O–H groups in total. The molecule has 0 atom stereocenters. The minimum atomic E-state index is -3.49. The van der Waals surface area contributed by atoms with Crippen molar-refractivity contribution in [2.45, 2.75) is 18.4 Å². The van der Waals surface area contributed by atoms with Crippen molar-refractivity contribution in [1.29, 1.82) is 0 Å². The van der Waals surface area contributed by atoms with E-state index < -0.39 is 10.0 Å². The van der Waals surface area contributed by atoms with Gasteiger partial charge in [-0.25, -0.2) is 8.42 Å². The van der Waals surface area contributed by atoms with E-state index in [1.54, 1.807) is 18.5 Å². The van der Waals surface area contributed by atoms with Gasteiger partial charge in [-0.05, 0) is 42.3 Å². The summed E-state index contributed by atoms with van der Waals surface area (Å²) in [7, 11) is -3.49. The zero-order chi connectivity index (χ0) is 17.0. The first-order valence-electron chi connectivity index (χ1n) is 7.89. The van der Waals surface area contributed by atoms with Crippen molar-refractivity contribution in [1.82, 2.24) is 9.29 Å². The fraction of sp³-hybridized carbons (Fsp3) is 0.353. The maximum absolute atomic E-state index is 12.9. The van der Waals surface area contributed by atoms with Gasteiger partial charge in [-0.15, -0.1) is 0 Å². The first kappa shape index (κ1) is 16.9. The van der Waals surface area contributed by atoms with Crippen LogP contribution in [0.1, 0.15) is 11.1 Å². The Bertz CT molecular complexity index is 788. The monoisotopic (exact) mass is 347 g/mol. The zero-order valence-electron chi connectivity index (χ0n) is 13.6. The molecule has 7 heteroatoms. The van der Waals surface area contributed by atoms with Crippen molar-refractivity contribution in [2.75, 3.05) is 31.6 Å². The van der Waals surface area contributed by atoms with Gasteiger partial charge in [-0.1, -0.05) is 6.07 Å². The number of ether oxygens (including phenoxy) is 1. The maximum Gasteiger partial charge on any atom is 0.243 e. The number of pyridine rings is 1. The van der Waals surface area contributed by atoms with Crippen LogP contribution in [-0.4, -0.2) is 44.0 Å². The minimum absolute atomic E-state index is 0.351. The van der Waals surface area contributed by atoms with E-state index in [9.17, 15) is 8.42 Å². The molecule has 0 amide bonds. The van der Waals surface area contributed by atoms with Gasteiger partial charge < -0.3 is 10.1 Å². The number of rotatable bonds is 5. The van der Waals surface area contributed by atoms with E-state index in [1.807, 2.05) is 31.2 Å². The second-order valence-corrected chi connectivity index (χ2v) is 7.61. The van der Waals surface area contributed by atoms with Crippen molar-refractivity contribution in [2.24, 2.45) is 0 Å². The van der Waals surface area contributed by atoms with Crippen LogP contribution in [0.3, 0.4) is 0 Å². The lowest BCUT2D eigenvalue weighted by Gasteiger charge is -2.27. The summed E-state index contributed by atoms with van der Waals surface area (Å²) >= 11 is 0. The van der Waals surface area contributed by atoms with Gasteiger partial charge in [0.15, 0.2) is 0 Å². The first-order valence-corrected chi connectivity index (χ1v) is 9.33. The third-order valence-electron chi connectivity index (χ3n) is 4.02. The number of hydrogen-bond acceptors (Lipinski definition) is 5. The third-order valence-corrected chi connectivity index (χ3v) is 6.06. The van der Waals surface area contributed by atoms with Gasteiger partial charge in [-0.3, -0.25) is 4.98 Å². The third kappa shape index (κ3) is 3.75. The molecule has 1 saturated heterocycles. The van der Waals surface area contributed by atoms with Gasteiger partial charge in [0.2, 0.25) is 10.0 Å². The molecule has 128 valence electrons. The molecule has 2 heterocycles. The number of benzene rings is 1. The van der Waals surface area contributed by atoms with Crippen molar-refractivity contribution >= 4 is 15.7 Å². The van der Waals surface area contributed by atoms with Crippen LogP contribution in [0.4, 0.5) is 5.69 Å². The predicted octanol–water partition coefficient (Wildman–Crippen LogP) is 2.02. The smallest absolute Gasteiger partial charge is 0.243 e. The van der Waals surface area contributed by atoms with E-state index >= 15 is 0 Å². The highest BCUT2D eigenvalue weighted by Gasteiger charge is 2.27. The van der Waals surface area contributed by atoms with Crippen LogP contribution in [0.5, 0.6) is 0 Å². The SMILES string of the molecule is Cc1ccc(NCc2ccncc2)cc1S(=O)(=O)N1CCOCC1. The van der Waals surface area contributed by atoms with Crippen LogP contribution < -0.4 is 5.32 Å². The number of anilines is 1. The summed E-state index contributed by atoms with van der Waals surface area (Å²) < 4.78 is 32.5. The van der Waals surface area contributed by atoms with Gasteiger partial charge in [0.1, 0.15) is 0 Å². The van der Waals surface area contributed by atoms with Gasteiger partial charge in [0, 0.05) is 37.7 Å². The van der Waals surface area contributed by atoms with E-state index in [1.165, 1.54) is 4.31 Å². The molecule has 1 aliphatic rings. The molecule has 2 aromatic rings. The molecule has 0 radical (unpaired) electrons. The topological polar surface area (TPSA) is 71.5 Å². The Labute approximate surface area is 142 Å². The lowest BCUT2D eigenvalue weighted by molar-refractivity contribution is 0.0730. The summed E-state index contributed by atoms with van der Waals surface area (Å²) in [5, 5.41) is 3.27. The quantitative estimate of drug-likeness (QED) is 0.896. The van der Waals surface area contributed by atoms with Crippen molar-refractivity contribution in [3.63, 3.8) is 0 Å². The average Bonchev–Trinajstić information content (AvgIpc) is 2.62. The molecular formula is C17H21N3O3S. The van der Waals surface area contributed by atoms with Crippen LogP contribution in [0.25, 0.3) is 0 Å². The molecular weight excluding hydrogens is 326 g/mol. The molecule has 0 bridgehead atoms. The van der Waals surface area contributed by atoms with Gasteiger partial charge >= 0.3 is 0 Å². The summed E-state index contributed by atoms with van der Waals surface area (Å²) in [4.78, 5) is 4.34. The highest BCUT2D eigenvalue weighted by molar-refractivity contribution is 7.89. The van der Waals surface area contributed by atoms with Gasteiger partial charge in [0.25, 0.3) is 0 Å². The van der Waals surface area contributed by atoms with Crippen LogP contribution in [-0.2, 0) is 21.3 Å². The number of morpholine rings is 1.